The van der Waals surface area contributed by atoms with Gasteiger partial charge >= 0.3 is 0 Å². The van der Waals surface area contributed by atoms with Crippen LogP contribution < -0.4 is 5.32 Å². The highest BCUT2D eigenvalue weighted by Gasteiger charge is 2.13. The van der Waals surface area contributed by atoms with Crippen LogP contribution in [0.2, 0.25) is 0 Å². The van der Waals surface area contributed by atoms with Crippen molar-refractivity contribution >= 4 is 5.57 Å². The summed E-state index contributed by atoms with van der Waals surface area (Å²) in [6, 6.07) is 4.17. The van der Waals surface area contributed by atoms with Crippen molar-refractivity contribution in [2.75, 3.05) is 13.6 Å². The lowest BCUT2D eigenvalue weighted by molar-refractivity contribution is 0.816. The molecule has 2 rings (SSSR count). The number of nitrogens with one attached hydrogen (secondary N) is 1. The molecular weight excluding hydrogens is 160 g/mol. The largest absolute Gasteiger partial charge is 0.319 e. The maximum atomic E-state index is 4.35. The summed E-state index contributed by atoms with van der Waals surface area (Å²) >= 11 is 0. The van der Waals surface area contributed by atoms with Crippen molar-refractivity contribution in [2.24, 2.45) is 0 Å². The Bertz CT molecular complexity index is 329. The van der Waals surface area contributed by atoms with E-state index in [1.165, 1.54) is 16.8 Å². The zero-order chi connectivity index (χ0) is 9.10. The Hall–Kier alpha value is -1.15. The lowest BCUT2D eigenvalue weighted by atomic mass is 10.1. The van der Waals surface area contributed by atoms with Gasteiger partial charge in [-0.25, -0.2) is 0 Å². The zero-order valence-electron chi connectivity index (χ0n) is 7.88. The fraction of sp³-hybridized carbons (Fsp3) is 0.364. The van der Waals surface area contributed by atoms with Crippen LogP contribution in [0.25, 0.3) is 5.57 Å². The number of nitrogens with zero attached hydrogens (tertiary/aromatic N) is 1. The number of hydrogen-bond donors (Lipinski definition) is 1. The molecule has 0 atom stereocenters. The Balaban J connectivity index is 2.16. The number of allylic oxidation sites excluding steroid dienone is 1. The molecule has 0 saturated carbocycles. The molecule has 1 aromatic heterocycles. The summed E-state index contributed by atoms with van der Waals surface area (Å²) in [4.78, 5) is 4.35. The fourth-order valence-corrected chi connectivity index (χ4v) is 1.72. The molecule has 0 unspecified atom stereocenters. The minimum Gasteiger partial charge on any atom is -0.319 e. The van der Waals surface area contributed by atoms with Gasteiger partial charge in [-0.1, -0.05) is 12.1 Å². The predicted octanol–water partition coefficient (Wildman–Crippen LogP) is 1.63. The van der Waals surface area contributed by atoms with Crippen molar-refractivity contribution < 1.29 is 0 Å². The van der Waals surface area contributed by atoms with Gasteiger partial charge in [0, 0.05) is 12.6 Å². The average molecular weight is 174 g/mol. The van der Waals surface area contributed by atoms with Gasteiger partial charge in [-0.05, 0) is 37.2 Å². The van der Waals surface area contributed by atoms with Crippen molar-refractivity contribution in [2.45, 2.75) is 12.8 Å². The molecule has 1 aliphatic carbocycles. The standard InChI is InChI=1S/C11H14N2/c1-12-8-6-9-4-5-11-10(9)3-2-7-13-11/h2-4,7,12H,5-6,8H2,1H3. The van der Waals surface area contributed by atoms with Gasteiger partial charge in [-0.3, -0.25) is 4.98 Å². The highest BCUT2D eigenvalue weighted by molar-refractivity contribution is 5.71. The van der Waals surface area contributed by atoms with Gasteiger partial charge in [0.15, 0.2) is 0 Å². The van der Waals surface area contributed by atoms with Crippen LogP contribution in [0.15, 0.2) is 24.4 Å². The molecule has 68 valence electrons. The molecular formula is C11H14N2. The summed E-state index contributed by atoms with van der Waals surface area (Å²) < 4.78 is 0. The molecule has 0 radical (unpaired) electrons. The molecule has 1 heterocycles. The fourth-order valence-electron chi connectivity index (χ4n) is 1.72. The maximum absolute atomic E-state index is 4.35. The average Bonchev–Trinajstić information content (AvgIpc) is 2.58. The van der Waals surface area contributed by atoms with E-state index in [1.807, 2.05) is 19.3 Å². The van der Waals surface area contributed by atoms with Crippen molar-refractivity contribution in [1.29, 1.82) is 0 Å². The number of hydrogen-bond acceptors (Lipinski definition) is 2. The summed E-state index contributed by atoms with van der Waals surface area (Å²) in [6.07, 6.45) is 6.27. The van der Waals surface area contributed by atoms with Gasteiger partial charge < -0.3 is 5.32 Å². The molecule has 13 heavy (non-hydrogen) atoms. The Morgan fingerprint density at radius 3 is 3.31 bits per heavy atom. The van der Waals surface area contributed by atoms with Crippen LogP contribution in [-0.4, -0.2) is 18.6 Å². The predicted molar refractivity (Wildman–Crippen MR) is 54.5 cm³/mol. The topological polar surface area (TPSA) is 24.9 Å². The van der Waals surface area contributed by atoms with Crippen LogP contribution in [0, 0.1) is 0 Å². The molecule has 0 aliphatic heterocycles. The van der Waals surface area contributed by atoms with E-state index in [1.54, 1.807) is 0 Å². The van der Waals surface area contributed by atoms with Crippen molar-refractivity contribution in [3.05, 3.63) is 35.7 Å². The Morgan fingerprint density at radius 2 is 2.46 bits per heavy atom. The first-order valence-corrected chi connectivity index (χ1v) is 4.69. The van der Waals surface area contributed by atoms with Crippen molar-refractivity contribution in [1.82, 2.24) is 10.3 Å². The number of fused-ring (bicyclic) bond motifs is 1. The van der Waals surface area contributed by atoms with Crippen LogP contribution in [0.1, 0.15) is 17.7 Å². The highest BCUT2D eigenvalue weighted by Crippen LogP contribution is 2.27. The number of rotatable bonds is 3. The van der Waals surface area contributed by atoms with E-state index in [2.05, 4.69) is 22.4 Å². The minimum atomic E-state index is 1.01. The first-order chi connectivity index (χ1) is 6.42. The van der Waals surface area contributed by atoms with Crippen LogP contribution in [0.3, 0.4) is 0 Å². The molecule has 0 saturated heterocycles. The van der Waals surface area contributed by atoms with E-state index in [-0.39, 0.29) is 0 Å². The molecule has 2 nitrogen and oxygen atoms in total. The van der Waals surface area contributed by atoms with Crippen LogP contribution >= 0.6 is 0 Å². The van der Waals surface area contributed by atoms with Crippen LogP contribution in [0.5, 0.6) is 0 Å². The molecule has 1 N–H and O–H groups in total. The third kappa shape index (κ3) is 1.63. The monoisotopic (exact) mass is 174 g/mol. The van der Waals surface area contributed by atoms with Gasteiger partial charge in [0.05, 0.1) is 5.69 Å². The quantitative estimate of drug-likeness (QED) is 0.753. The second-order valence-corrected chi connectivity index (χ2v) is 3.28. The maximum Gasteiger partial charge on any atom is 0.0516 e. The molecule has 0 spiro atoms. The Morgan fingerprint density at radius 1 is 1.54 bits per heavy atom. The zero-order valence-corrected chi connectivity index (χ0v) is 7.88. The van der Waals surface area contributed by atoms with Gasteiger partial charge in [-0.2, -0.15) is 0 Å². The van der Waals surface area contributed by atoms with Gasteiger partial charge in [0.25, 0.3) is 0 Å². The Kier molecular flexibility index (Phi) is 2.41. The first kappa shape index (κ1) is 8.45. The first-order valence-electron chi connectivity index (χ1n) is 4.69. The summed E-state index contributed by atoms with van der Waals surface area (Å²) in [7, 11) is 1.99. The summed E-state index contributed by atoms with van der Waals surface area (Å²) in [5.74, 6) is 0. The van der Waals surface area contributed by atoms with E-state index < -0.39 is 0 Å². The molecule has 1 aromatic rings. The second kappa shape index (κ2) is 3.71. The smallest absolute Gasteiger partial charge is 0.0516 e. The van der Waals surface area contributed by atoms with E-state index in [0.29, 0.717) is 0 Å². The Labute approximate surface area is 78.7 Å². The van der Waals surface area contributed by atoms with Gasteiger partial charge in [-0.15, -0.1) is 0 Å². The summed E-state index contributed by atoms with van der Waals surface area (Å²) in [6.45, 7) is 1.04. The molecule has 1 aliphatic rings. The third-order valence-electron chi connectivity index (χ3n) is 2.42. The number of pyridine rings is 1. The normalized spacial score (nSPS) is 14.1. The minimum absolute atomic E-state index is 1.01. The molecule has 0 fully saturated rings. The summed E-state index contributed by atoms with van der Waals surface area (Å²) in [5, 5.41) is 3.16. The third-order valence-corrected chi connectivity index (χ3v) is 2.42. The number of aromatic nitrogens is 1. The molecule has 0 amide bonds. The van der Waals surface area contributed by atoms with Gasteiger partial charge in [0.2, 0.25) is 0 Å². The van der Waals surface area contributed by atoms with Crippen molar-refractivity contribution in [3.63, 3.8) is 0 Å². The van der Waals surface area contributed by atoms with Crippen LogP contribution in [-0.2, 0) is 6.42 Å². The molecule has 0 bridgehead atoms. The van der Waals surface area contributed by atoms with Crippen LogP contribution in [0.4, 0.5) is 0 Å². The molecule has 2 heteroatoms. The SMILES string of the molecule is CNCCC1=CCc2ncccc21. The van der Waals surface area contributed by atoms with E-state index >= 15 is 0 Å². The van der Waals surface area contributed by atoms with Gasteiger partial charge in [0.1, 0.15) is 0 Å². The van der Waals surface area contributed by atoms with E-state index in [0.717, 1.165) is 19.4 Å². The molecule has 0 aromatic carbocycles. The summed E-state index contributed by atoms with van der Waals surface area (Å²) in [5.41, 5.74) is 4.02. The van der Waals surface area contributed by atoms with E-state index in [4.69, 9.17) is 0 Å². The highest BCUT2D eigenvalue weighted by atomic mass is 14.8. The second-order valence-electron chi connectivity index (χ2n) is 3.28. The van der Waals surface area contributed by atoms with Crippen molar-refractivity contribution in [3.8, 4) is 0 Å². The lowest BCUT2D eigenvalue weighted by Crippen LogP contribution is -2.07. The lowest BCUT2D eigenvalue weighted by Gasteiger charge is -2.03. The van der Waals surface area contributed by atoms with E-state index in [9.17, 15) is 0 Å².